The van der Waals surface area contributed by atoms with Crippen molar-refractivity contribution in [2.45, 2.75) is 32.7 Å². The zero-order valence-corrected chi connectivity index (χ0v) is 10.5. The highest BCUT2D eigenvalue weighted by molar-refractivity contribution is 5.89. The summed E-state index contributed by atoms with van der Waals surface area (Å²) in [4.78, 5) is 11.7. The van der Waals surface area contributed by atoms with Gasteiger partial charge in [-0.1, -0.05) is 24.6 Å². The van der Waals surface area contributed by atoms with Crippen LogP contribution in [-0.4, -0.2) is 18.6 Å². The number of rotatable bonds is 5. The third kappa shape index (κ3) is 4.87. The van der Waals surface area contributed by atoms with Crippen molar-refractivity contribution in [2.24, 2.45) is 5.73 Å². The summed E-state index contributed by atoms with van der Waals surface area (Å²) >= 11 is 0. The van der Waals surface area contributed by atoms with Gasteiger partial charge >= 0.3 is 6.03 Å². The minimum absolute atomic E-state index is 0.144. The van der Waals surface area contributed by atoms with Crippen molar-refractivity contribution in [3.8, 4) is 0 Å². The number of urea groups is 1. The van der Waals surface area contributed by atoms with Crippen molar-refractivity contribution in [3.05, 3.63) is 29.8 Å². The number of nitrogens with one attached hydrogen (secondary N) is 2. The Kier molecular flexibility index (Phi) is 5.49. The maximum absolute atomic E-state index is 11.7. The van der Waals surface area contributed by atoms with Crippen molar-refractivity contribution in [2.75, 3.05) is 11.9 Å². The number of hydrogen-bond donors (Lipinski definition) is 3. The summed E-state index contributed by atoms with van der Waals surface area (Å²) < 4.78 is 0. The molecule has 1 aromatic rings. The number of aryl methyl sites for hydroxylation is 1. The van der Waals surface area contributed by atoms with Gasteiger partial charge in [0.25, 0.3) is 0 Å². The molecule has 4 nitrogen and oxygen atoms in total. The molecule has 4 heteroatoms. The number of carbonyl (C=O) groups excluding carboxylic acids is 1. The summed E-state index contributed by atoms with van der Waals surface area (Å²) in [6.45, 7) is 4.63. The highest BCUT2D eigenvalue weighted by atomic mass is 16.2. The van der Waals surface area contributed by atoms with Gasteiger partial charge in [-0.3, -0.25) is 0 Å². The normalized spacial score (nSPS) is 11.9. The average Bonchev–Trinajstić information content (AvgIpc) is 2.31. The van der Waals surface area contributed by atoms with Crippen LogP contribution in [0, 0.1) is 6.92 Å². The highest BCUT2D eigenvalue weighted by Gasteiger charge is 2.09. The van der Waals surface area contributed by atoms with Gasteiger partial charge < -0.3 is 16.4 Å². The number of carbonyl (C=O) groups is 1. The minimum Gasteiger partial charge on any atom is -0.335 e. The average molecular weight is 235 g/mol. The van der Waals surface area contributed by atoms with Gasteiger partial charge in [-0.25, -0.2) is 4.79 Å². The zero-order valence-electron chi connectivity index (χ0n) is 10.5. The van der Waals surface area contributed by atoms with Crippen molar-refractivity contribution in [3.63, 3.8) is 0 Å². The fraction of sp³-hybridized carbons (Fsp3) is 0.462. The molecule has 4 N–H and O–H groups in total. The van der Waals surface area contributed by atoms with Gasteiger partial charge in [0.15, 0.2) is 0 Å². The van der Waals surface area contributed by atoms with E-state index in [9.17, 15) is 4.79 Å². The van der Waals surface area contributed by atoms with Crippen LogP contribution < -0.4 is 16.4 Å². The smallest absolute Gasteiger partial charge is 0.319 e. The molecule has 0 fully saturated rings. The van der Waals surface area contributed by atoms with Crippen molar-refractivity contribution in [1.82, 2.24) is 5.32 Å². The van der Waals surface area contributed by atoms with E-state index >= 15 is 0 Å². The molecule has 2 amide bonds. The van der Waals surface area contributed by atoms with Gasteiger partial charge in [-0.05, 0) is 38.4 Å². The summed E-state index contributed by atoms with van der Waals surface area (Å²) in [5, 5.41) is 5.70. The third-order valence-electron chi connectivity index (χ3n) is 2.65. The van der Waals surface area contributed by atoms with Crippen LogP contribution in [0.2, 0.25) is 0 Å². The van der Waals surface area contributed by atoms with E-state index in [1.807, 2.05) is 38.1 Å². The van der Waals surface area contributed by atoms with Gasteiger partial charge in [-0.15, -0.1) is 0 Å². The molecule has 0 bridgehead atoms. The Morgan fingerprint density at radius 3 is 2.53 bits per heavy atom. The van der Waals surface area contributed by atoms with Crippen LogP contribution in [0.4, 0.5) is 10.5 Å². The maximum atomic E-state index is 11.7. The molecule has 0 saturated heterocycles. The molecule has 1 rings (SSSR count). The van der Waals surface area contributed by atoms with Gasteiger partial charge in [0.05, 0.1) is 0 Å². The molecule has 0 spiro atoms. The second-order valence-electron chi connectivity index (χ2n) is 4.15. The molecular weight excluding hydrogens is 214 g/mol. The molecule has 0 aliphatic carbocycles. The Hall–Kier alpha value is -1.55. The van der Waals surface area contributed by atoms with E-state index < -0.39 is 0 Å². The lowest BCUT2D eigenvalue weighted by atomic mass is 10.1. The number of hydrogen-bond acceptors (Lipinski definition) is 2. The van der Waals surface area contributed by atoms with E-state index in [1.54, 1.807) is 0 Å². The van der Waals surface area contributed by atoms with Crippen LogP contribution in [0.3, 0.4) is 0 Å². The van der Waals surface area contributed by atoms with Crippen LogP contribution >= 0.6 is 0 Å². The molecule has 1 aromatic carbocycles. The fourth-order valence-corrected chi connectivity index (χ4v) is 1.57. The predicted molar refractivity (Wildman–Crippen MR) is 71.1 cm³/mol. The van der Waals surface area contributed by atoms with Gasteiger partial charge in [-0.2, -0.15) is 0 Å². The van der Waals surface area contributed by atoms with Crippen LogP contribution in [0.15, 0.2) is 24.3 Å². The predicted octanol–water partition coefficient (Wildman–Crippen LogP) is 2.24. The zero-order chi connectivity index (χ0) is 12.7. The van der Waals surface area contributed by atoms with E-state index in [4.69, 9.17) is 5.73 Å². The van der Waals surface area contributed by atoms with E-state index in [1.165, 1.54) is 5.56 Å². The van der Waals surface area contributed by atoms with Crippen LogP contribution in [0.5, 0.6) is 0 Å². The van der Waals surface area contributed by atoms with Crippen LogP contribution in [-0.2, 0) is 0 Å². The molecule has 0 saturated carbocycles. The summed E-state index contributed by atoms with van der Waals surface area (Å²) in [7, 11) is 0. The summed E-state index contributed by atoms with van der Waals surface area (Å²) in [6, 6.07) is 7.68. The first kappa shape index (κ1) is 13.5. The largest absolute Gasteiger partial charge is 0.335 e. The van der Waals surface area contributed by atoms with Crippen molar-refractivity contribution < 1.29 is 4.79 Å². The second kappa shape index (κ2) is 6.91. The molecular formula is C13H21N3O. The van der Waals surface area contributed by atoms with Gasteiger partial charge in [0.1, 0.15) is 0 Å². The number of anilines is 1. The molecule has 94 valence electrons. The lowest BCUT2D eigenvalue weighted by Gasteiger charge is -2.16. The monoisotopic (exact) mass is 235 g/mol. The quantitative estimate of drug-likeness (QED) is 0.732. The van der Waals surface area contributed by atoms with E-state index in [2.05, 4.69) is 10.6 Å². The molecule has 0 aliphatic heterocycles. The van der Waals surface area contributed by atoms with E-state index in [-0.39, 0.29) is 12.1 Å². The highest BCUT2D eigenvalue weighted by Crippen LogP contribution is 2.08. The molecule has 0 radical (unpaired) electrons. The second-order valence-corrected chi connectivity index (χ2v) is 4.15. The van der Waals surface area contributed by atoms with Crippen molar-refractivity contribution in [1.29, 1.82) is 0 Å². The first-order valence-corrected chi connectivity index (χ1v) is 6.00. The molecule has 0 heterocycles. The summed E-state index contributed by atoms with van der Waals surface area (Å²) in [5.41, 5.74) is 7.45. The third-order valence-corrected chi connectivity index (χ3v) is 2.65. The Balaban J connectivity index is 2.46. The Morgan fingerprint density at radius 2 is 2.00 bits per heavy atom. The molecule has 1 atom stereocenters. The lowest BCUT2D eigenvalue weighted by molar-refractivity contribution is 0.247. The Bertz CT molecular complexity index is 348. The first-order chi connectivity index (χ1) is 8.15. The van der Waals surface area contributed by atoms with Crippen LogP contribution in [0.25, 0.3) is 0 Å². The van der Waals surface area contributed by atoms with Gasteiger partial charge in [0, 0.05) is 11.7 Å². The van der Waals surface area contributed by atoms with E-state index in [0.29, 0.717) is 6.54 Å². The van der Waals surface area contributed by atoms with Gasteiger partial charge in [0.2, 0.25) is 0 Å². The Morgan fingerprint density at radius 1 is 1.35 bits per heavy atom. The van der Waals surface area contributed by atoms with Crippen molar-refractivity contribution >= 4 is 11.7 Å². The SMILES string of the molecule is CCC(CCN)NC(=O)Nc1ccc(C)cc1. The molecule has 1 unspecified atom stereocenters. The number of amides is 2. The minimum atomic E-state index is -0.172. The summed E-state index contributed by atoms with van der Waals surface area (Å²) in [5.74, 6) is 0. The fourth-order valence-electron chi connectivity index (χ4n) is 1.57. The first-order valence-electron chi connectivity index (χ1n) is 6.00. The maximum Gasteiger partial charge on any atom is 0.319 e. The topological polar surface area (TPSA) is 67.1 Å². The number of benzene rings is 1. The molecule has 17 heavy (non-hydrogen) atoms. The summed E-state index contributed by atoms with van der Waals surface area (Å²) in [6.07, 6.45) is 1.69. The van der Waals surface area contributed by atoms with Crippen LogP contribution in [0.1, 0.15) is 25.3 Å². The molecule has 0 aromatic heterocycles. The molecule has 0 aliphatic rings. The number of nitrogens with two attached hydrogens (primary N) is 1. The standard InChI is InChI=1S/C13H21N3O/c1-3-11(8-9-14)15-13(17)16-12-6-4-10(2)5-7-12/h4-7,11H,3,8-9,14H2,1-2H3,(H2,15,16,17). The lowest BCUT2D eigenvalue weighted by Crippen LogP contribution is -2.38. The van der Waals surface area contributed by atoms with E-state index in [0.717, 1.165) is 18.5 Å². The Labute approximate surface area is 103 Å².